The zero-order valence-electron chi connectivity index (χ0n) is 18.4. The van der Waals surface area contributed by atoms with Gasteiger partial charge in [0.1, 0.15) is 0 Å². The SMILES string of the molecule is O=C1NC(=O)C(c2cnc3ncccn23)=C1C1=NC=CN2c3c(cccc31)CC2C1CCCC1. The number of aliphatic imine (C=N–C) groups is 1. The maximum absolute atomic E-state index is 13.1. The quantitative estimate of drug-likeness (QED) is 0.620. The van der Waals surface area contributed by atoms with Crippen LogP contribution in [0, 0.1) is 5.92 Å². The fourth-order valence-corrected chi connectivity index (χ4v) is 6.05. The molecule has 168 valence electrons. The topological polar surface area (TPSA) is 92.0 Å². The number of rotatable bonds is 3. The van der Waals surface area contributed by atoms with Crippen LogP contribution in [-0.4, -0.2) is 37.9 Å². The summed E-state index contributed by atoms with van der Waals surface area (Å²) in [6, 6.07) is 8.37. The van der Waals surface area contributed by atoms with Gasteiger partial charge in [-0.05, 0) is 36.8 Å². The summed E-state index contributed by atoms with van der Waals surface area (Å²) in [5, 5.41) is 2.48. The molecule has 1 aromatic carbocycles. The van der Waals surface area contributed by atoms with E-state index in [0.717, 1.165) is 17.7 Å². The van der Waals surface area contributed by atoms with E-state index >= 15 is 0 Å². The van der Waals surface area contributed by atoms with E-state index in [4.69, 9.17) is 4.99 Å². The first kappa shape index (κ1) is 19.4. The lowest BCUT2D eigenvalue weighted by molar-refractivity contribution is -0.123. The standard InChI is InChI=1S/C26H22N6O2/c33-24-20(19-14-29-26-28-9-4-11-32(19)26)21(25(34)30-24)22-17-8-3-7-16-13-18(15-5-1-2-6-15)31(23(16)17)12-10-27-22/h3-4,7-12,14-15,18H,1-2,5-6,13H2,(H,30,33,34). The van der Waals surface area contributed by atoms with Gasteiger partial charge in [-0.3, -0.25) is 24.3 Å². The van der Waals surface area contributed by atoms with Gasteiger partial charge in [0, 0.05) is 36.4 Å². The van der Waals surface area contributed by atoms with Crippen LogP contribution in [-0.2, 0) is 16.0 Å². The molecule has 1 aliphatic carbocycles. The zero-order valence-corrected chi connectivity index (χ0v) is 18.4. The minimum atomic E-state index is -0.449. The lowest BCUT2D eigenvalue weighted by Crippen LogP contribution is -2.33. The van der Waals surface area contributed by atoms with Gasteiger partial charge in [-0.2, -0.15) is 0 Å². The molecule has 3 aliphatic heterocycles. The second-order valence-electron chi connectivity index (χ2n) is 9.28. The van der Waals surface area contributed by atoms with Gasteiger partial charge in [0.05, 0.1) is 34.4 Å². The number of imidazole rings is 1. The van der Waals surface area contributed by atoms with Gasteiger partial charge in [0.15, 0.2) is 0 Å². The first-order chi connectivity index (χ1) is 16.7. The molecule has 8 nitrogen and oxygen atoms in total. The number of imide groups is 1. The van der Waals surface area contributed by atoms with Crippen molar-refractivity contribution in [1.29, 1.82) is 0 Å². The maximum Gasteiger partial charge on any atom is 0.261 e. The Morgan fingerprint density at radius 3 is 2.74 bits per heavy atom. The fourth-order valence-electron chi connectivity index (χ4n) is 6.05. The summed E-state index contributed by atoms with van der Waals surface area (Å²) in [4.78, 5) is 41.8. The van der Waals surface area contributed by atoms with Crippen molar-refractivity contribution in [2.75, 3.05) is 4.90 Å². The second kappa shape index (κ2) is 7.21. The van der Waals surface area contributed by atoms with Gasteiger partial charge < -0.3 is 4.90 Å². The molecule has 5 heterocycles. The molecule has 3 aromatic rings. The van der Waals surface area contributed by atoms with Crippen LogP contribution in [0.25, 0.3) is 11.4 Å². The molecule has 2 amide bonds. The van der Waals surface area contributed by atoms with Crippen LogP contribution in [0.15, 0.2) is 65.8 Å². The van der Waals surface area contributed by atoms with Crippen LogP contribution >= 0.6 is 0 Å². The average molecular weight is 451 g/mol. The second-order valence-corrected chi connectivity index (χ2v) is 9.28. The van der Waals surface area contributed by atoms with E-state index < -0.39 is 11.8 Å². The molecule has 1 saturated carbocycles. The van der Waals surface area contributed by atoms with E-state index in [1.54, 1.807) is 35.3 Å². The van der Waals surface area contributed by atoms with E-state index in [0.29, 0.717) is 29.1 Å². The van der Waals surface area contributed by atoms with Crippen LogP contribution in [0.2, 0.25) is 0 Å². The molecule has 7 rings (SSSR count). The third kappa shape index (κ3) is 2.68. The highest BCUT2D eigenvalue weighted by Gasteiger charge is 2.41. The number of fused-ring (bicyclic) bond motifs is 1. The molecule has 1 unspecified atom stereocenters. The Balaban J connectivity index is 1.41. The van der Waals surface area contributed by atoms with Crippen molar-refractivity contribution in [3.05, 3.63) is 77.6 Å². The van der Waals surface area contributed by atoms with Crippen LogP contribution < -0.4 is 10.2 Å². The zero-order chi connectivity index (χ0) is 22.8. The molecule has 1 N–H and O–H groups in total. The van der Waals surface area contributed by atoms with Crippen LogP contribution in [0.5, 0.6) is 0 Å². The highest BCUT2D eigenvalue weighted by molar-refractivity contribution is 6.47. The predicted molar refractivity (Wildman–Crippen MR) is 127 cm³/mol. The van der Waals surface area contributed by atoms with Gasteiger partial charge in [0.2, 0.25) is 5.78 Å². The van der Waals surface area contributed by atoms with E-state index in [2.05, 4.69) is 26.3 Å². The Hall–Kier alpha value is -4.07. The predicted octanol–water partition coefficient (Wildman–Crippen LogP) is 3.03. The first-order valence-electron chi connectivity index (χ1n) is 11.7. The number of hydrogen-bond donors (Lipinski definition) is 1. The number of aromatic nitrogens is 3. The molecule has 0 bridgehead atoms. The molecular weight excluding hydrogens is 428 g/mol. The van der Waals surface area contributed by atoms with Gasteiger partial charge in [-0.15, -0.1) is 0 Å². The summed E-state index contributed by atoms with van der Waals surface area (Å²) >= 11 is 0. The van der Waals surface area contributed by atoms with Gasteiger partial charge in [0.25, 0.3) is 11.8 Å². The van der Waals surface area contributed by atoms with Gasteiger partial charge >= 0.3 is 0 Å². The van der Waals surface area contributed by atoms with Gasteiger partial charge in [-0.1, -0.05) is 31.0 Å². The van der Waals surface area contributed by atoms with Crippen molar-refractivity contribution in [3.8, 4) is 0 Å². The minimum absolute atomic E-state index is 0.272. The number of carbonyl (C=O) groups excluding carboxylic acids is 2. The van der Waals surface area contributed by atoms with E-state index in [1.165, 1.54) is 31.2 Å². The molecule has 0 spiro atoms. The fraction of sp³-hybridized carbons (Fsp3) is 0.269. The van der Waals surface area contributed by atoms with E-state index in [9.17, 15) is 9.59 Å². The molecule has 4 aliphatic rings. The number of hydrogen-bond acceptors (Lipinski definition) is 6. The summed E-state index contributed by atoms with van der Waals surface area (Å²) in [7, 11) is 0. The summed E-state index contributed by atoms with van der Waals surface area (Å²) in [5.41, 5.74) is 4.83. The number of carbonyl (C=O) groups is 2. The molecule has 34 heavy (non-hydrogen) atoms. The van der Waals surface area contributed by atoms with Crippen molar-refractivity contribution >= 4 is 34.6 Å². The molecule has 0 radical (unpaired) electrons. The largest absolute Gasteiger partial charge is 0.342 e. The molecule has 1 fully saturated rings. The smallest absolute Gasteiger partial charge is 0.261 e. The number of benzene rings is 1. The van der Waals surface area contributed by atoms with Crippen molar-refractivity contribution < 1.29 is 9.59 Å². The minimum Gasteiger partial charge on any atom is -0.342 e. The Kier molecular flexibility index (Phi) is 4.12. The number of nitrogens with zero attached hydrogens (tertiary/aromatic N) is 5. The van der Waals surface area contributed by atoms with Crippen LogP contribution in [0.4, 0.5) is 5.69 Å². The normalized spacial score (nSPS) is 21.9. The molecular formula is C26H22N6O2. The van der Waals surface area contributed by atoms with Crippen molar-refractivity contribution in [2.45, 2.75) is 38.1 Å². The number of anilines is 1. The monoisotopic (exact) mass is 450 g/mol. The van der Waals surface area contributed by atoms with E-state index in [1.807, 2.05) is 18.3 Å². The summed E-state index contributed by atoms with van der Waals surface area (Å²) < 4.78 is 1.72. The van der Waals surface area contributed by atoms with Crippen LogP contribution in [0.1, 0.15) is 42.5 Å². The molecule has 1 atom stereocenters. The van der Waals surface area contributed by atoms with Crippen molar-refractivity contribution in [1.82, 2.24) is 19.7 Å². The Labute approximate surface area is 195 Å². The molecule has 0 saturated heterocycles. The molecule has 2 aromatic heterocycles. The summed E-state index contributed by atoms with van der Waals surface area (Å²) in [5.74, 6) is 0.228. The number of para-hydroxylation sites is 1. The maximum atomic E-state index is 13.1. The third-order valence-electron chi connectivity index (χ3n) is 7.51. The first-order valence-corrected chi connectivity index (χ1v) is 11.7. The van der Waals surface area contributed by atoms with Crippen LogP contribution in [0.3, 0.4) is 0 Å². The summed E-state index contributed by atoms with van der Waals surface area (Å²) in [6.07, 6.45) is 14.9. The summed E-state index contributed by atoms with van der Waals surface area (Å²) in [6.45, 7) is 0. The Morgan fingerprint density at radius 1 is 1.00 bits per heavy atom. The number of nitrogens with one attached hydrogen (secondary N) is 1. The molecule has 8 heteroatoms. The Morgan fingerprint density at radius 2 is 1.85 bits per heavy atom. The third-order valence-corrected chi connectivity index (χ3v) is 7.51. The van der Waals surface area contributed by atoms with Crippen molar-refractivity contribution in [2.24, 2.45) is 10.9 Å². The highest BCUT2D eigenvalue weighted by atomic mass is 16.2. The highest BCUT2D eigenvalue weighted by Crippen LogP contribution is 2.44. The average Bonchev–Trinajstić information content (AvgIpc) is 3.60. The van der Waals surface area contributed by atoms with E-state index in [-0.39, 0.29) is 11.1 Å². The number of amides is 2. The lowest BCUT2D eigenvalue weighted by atomic mass is 9.93. The lowest BCUT2D eigenvalue weighted by Gasteiger charge is -2.29. The van der Waals surface area contributed by atoms with Crippen molar-refractivity contribution in [3.63, 3.8) is 0 Å². The Bertz CT molecular complexity index is 1470. The van der Waals surface area contributed by atoms with Gasteiger partial charge in [-0.25, -0.2) is 9.97 Å².